The third-order valence-electron chi connectivity index (χ3n) is 3.58. The smallest absolute Gasteiger partial charge is 0.235 e. The topological polar surface area (TPSA) is 32.3 Å². The molecule has 0 spiro atoms. The molecule has 1 amide bonds. The maximum absolute atomic E-state index is 12.3. The van der Waals surface area contributed by atoms with E-state index >= 15 is 0 Å². The summed E-state index contributed by atoms with van der Waals surface area (Å²) < 4.78 is 0. The van der Waals surface area contributed by atoms with Gasteiger partial charge in [-0.1, -0.05) is 19.1 Å². The minimum atomic E-state index is 0.00715. The maximum Gasteiger partial charge on any atom is 0.235 e. The van der Waals surface area contributed by atoms with Crippen LogP contribution in [0.1, 0.15) is 32.3 Å². The molecule has 0 bridgehead atoms. The Bertz CT molecular complexity index is 427. The van der Waals surface area contributed by atoms with Gasteiger partial charge in [0.1, 0.15) is 0 Å². The van der Waals surface area contributed by atoms with Crippen molar-refractivity contribution in [1.82, 2.24) is 10.2 Å². The maximum atomic E-state index is 12.3. The van der Waals surface area contributed by atoms with E-state index < -0.39 is 0 Å². The number of hydrogen-bond donors (Lipinski definition) is 1. The van der Waals surface area contributed by atoms with Crippen LogP contribution in [-0.2, 0) is 11.3 Å². The second-order valence-corrected chi connectivity index (χ2v) is 6.63. The zero-order chi connectivity index (χ0) is 14.4. The van der Waals surface area contributed by atoms with Gasteiger partial charge in [-0.3, -0.25) is 4.79 Å². The number of likely N-dealkylation sites (tertiary alicyclic amines) is 1. The molecule has 1 atom stereocenters. The molecule has 110 valence electrons. The van der Waals surface area contributed by atoms with Crippen molar-refractivity contribution in [3.63, 3.8) is 0 Å². The lowest BCUT2D eigenvalue weighted by molar-refractivity contribution is -0.129. The second kappa shape index (κ2) is 7.70. The Morgan fingerprint density at radius 1 is 1.30 bits per heavy atom. The summed E-state index contributed by atoms with van der Waals surface area (Å²) in [6, 6.07) is 8.51. The highest BCUT2D eigenvalue weighted by molar-refractivity contribution is 8.00. The van der Waals surface area contributed by atoms with Crippen LogP contribution in [0.3, 0.4) is 0 Å². The van der Waals surface area contributed by atoms with Gasteiger partial charge in [0.25, 0.3) is 0 Å². The minimum Gasteiger partial charge on any atom is -0.342 e. The largest absolute Gasteiger partial charge is 0.342 e. The van der Waals surface area contributed by atoms with Gasteiger partial charge in [0.2, 0.25) is 5.91 Å². The molecule has 0 aliphatic carbocycles. The van der Waals surface area contributed by atoms with Crippen LogP contribution in [0.2, 0.25) is 0 Å². The minimum absolute atomic E-state index is 0.00715. The van der Waals surface area contributed by atoms with Crippen molar-refractivity contribution in [3.8, 4) is 0 Å². The normalized spacial score (nSPS) is 16.4. The fourth-order valence-corrected chi connectivity index (χ4v) is 3.36. The van der Waals surface area contributed by atoms with Gasteiger partial charge in [-0.05, 0) is 44.0 Å². The van der Waals surface area contributed by atoms with E-state index in [0.717, 1.165) is 39.0 Å². The van der Waals surface area contributed by atoms with Crippen LogP contribution >= 0.6 is 11.8 Å². The van der Waals surface area contributed by atoms with E-state index in [2.05, 4.69) is 36.5 Å². The van der Waals surface area contributed by atoms with Gasteiger partial charge in [0.15, 0.2) is 0 Å². The van der Waals surface area contributed by atoms with Crippen molar-refractivity contribution in [2.24, 2.45) is 0 Å². The van der Waals surface area contributed by atoms with E-state index in [1.54, 1.807) is 11.8 Å². The Hall–Kier alpha value is -1.00. The predicted octanol–water partition coefficient (Wildman–Crippen LogP) is 2.90. The second-order valence-electron chi connectivity index (χ2n) is 5.22. The molecule has 3 nitrogen and oxygen atoms in total. The van der Waals surface area contributed by atoms with Crippen LogP contribution in [-0.4, -0.2) is 35.7 Å². The Morgan fingerprint density at radius 2 is 1.95 bits per heavy atom. The van der Waals surface area contributed by atoms with Gasteiger partial charge >= 0.3 is 0 Å². The Kier molecular flexibility index (Phi) is 5.92. The van der Waals surface area contributed by atoms with Crippen LogP contribution in [0.5, 0.6) is 0 Å². The number of carbonyl (C=O) groups excluding carboxylic acids is 1. The van der Waals surface area contributed by atoms with Crippen molar-refractivity contribution in [2.45, 2.75) is 43.4 Å². The lowest BCUT2D eigenvalue weighted by Crippen LogP contribution is -2.33. The van der Waals surface area contributed by atoms with Gasteiger partial charge in [-0.25, -0.2) is 0 Å². The number of amides is 1. The molecule has 1 saturated heterocycles. The van der Waals surface area contributed by atoms with Crippen molar-refractivity contribution in [2.75, 3.05) is 19.6 Å². The molecular weight excluding hydrogens is 268 g/mol. The first kappa shape index (κ1) is 15.4. The quantitative estimate of drug-likeness (QED) is 0.818. The summed E-state index contributed by atoms with van der Waals surface area (Å²) in [6.45, 7) is 7.88. The molecule has 2 rings (SSSR count). The standard InChI is InChI=1S/C16H24N2OS/c1-3-17-12-14-6-8-15(9-7-14)20-13(2)16(19)18-10-4-5-11-18/h6-9,13,17H,3-5,10-12H2,1-2H3. The Morgan fingerprint density at radius 3 is 2.55 bits per heavy atom. The molecule has 0 aromatic heterocycles. The van der Waals surface area contributed by atoms with Gasteiger partial charge in [-0.2, -0.15) is 0 Å². The monoisotopic (exact) mass is 292 g/mol. The summed E-state index contributed by atoms with van der Waals surface area (Å²) in [5.74, 6) is 0.282. The molecule has 0 radical (unpaired) electrons. The van der Waals surface area contributed by atoms with Crippen molar-refractivity contribution in [3.05, 3.63) is 29.8 Å². The average Bonchev–Trinajstić information content (AvgIpc) is 3.00. The molecule has 1 aliphatic heterocycles. The molecule has 1 unspecified atom stereocenters. The number of benzene rings is 1. The lowest BCUT2D eigenvalue weighted by atomic mass is 10.2. The van der Waals surface area contributed by atoms with Crippen LogP contribution < -0.4 is 5.32 Å². The molecule has 1 aromatic rings. The average molecular weight is 292 g/mol. The van der Waals surface area contributed by atoms with Gasteiger partial charge < -0.3 is 10.2 Å². The van der Waals surface area contributed by atoms with E-state index in [1.165, 1.54) is 10.5 Å². The highest BCUT2D eigenvalue weighted by Crippen LogP contribution is 2.25. The van der Waals surface area contributed by atoms with Gasteiger partial charge in [0.05, 0.1) is 5.25 Å². The lowest BCUT2D eigenvalue weighted by Gasteiger charge is -2.20. The van der Waals surface area contributed by atoms with E-state index in [0.29, 0.717) is 0 Å². The Labute approximate surface area is 126 Å². The number of nitrogens with one attached hydrogen (secondary N) is 1. The highest BCUT2D eigenvalue weighted by Gasteiger charge is 2.23. The number of rotatable bonds is 6. The van der Waals surface area contributed by atoms with Crippen LogP contribution in [0.15, 0.2) is 29.2 Å². The van der Waals surface area contributed by atoms with Crippen molar-refractivity contribution < 1.29 is 4.79 Å². The van der Waals surface area contributed by atoms with E-state index in [-0.39, 0.29) is 11.2 Å². The van der Waals surface area contributed by atoms with E-state index in [9.17, 15) is 4.79 Å². The third-order valence-corrected chi connectivity index (χ3v) is 4.68. The van der Waals surface area contributed by atoms with E-state index in [4.69, 9.17) is 0 Å². The first-order valence-corrected chi connectivity index (χ1v) is 8.33. The highest BCUT2D eigenvalue weighted by atomic mass is 32.2. The van der Waals surface area contributed by atoms with Crippen molar-refractivity contribution in [1.29, 1.82) is 0 Å². The van der Waals surface area contributed by atoms with Crippen molar-refractivity contribution >= 4 is 17.7 Å². The van der Waals surface area contributed by atoms with Crippen LogP contribution in [0.4, 0.5) is 0 Å². The zero-order valence-electron chi connectivity index (χ0n) is 12.4. The van der Waals surface area contributed by atoms with Gasteiger partial charge in [0, 0.05) is 24.5 Å². The summed E-state index contributed by atoms with van der Waals surface area (Å²) in [5.41, 5.74) is 1.29. The summed E-state index contributed by atoms with van der Waals surface area (Å²) in [4.78, 5) is 15.4. The number of hydrogen-bond acceptors (Lipinski definition) is 3. The molecule has 1 aromatic carbocycles. The fraction of sp³-hybridized carbons (Fsp3) is 0.562. The predicted molar refractivity (Wildman–Crippen MR) is 85.0 cm³/mol. The molecule has 20 heavy (non-hydrogen) atoms. The summed E-state index contributed by atoms with van der Waals surface area (Å²) in [7, 11) is 0. The molecule has 1 aliphatic rings. The summed E-state index contributed by atoms with van der Waals surface area (Å²) in [6.07, 6.45) is 2.31. The zero-order valence-corrected chi connectivity index (χ0v) is 13.2. The SMILES string of the molecule is CCNCc1ccc(SC(C)C(=O)N2CCCC2)cc1. The molecular formula is C16H24N2OS. The first-order valence-electron chi connectivity index (χ1n) is 7.46. The number of carbonyl (C=O) groups is 1. The van der Waals surface area contributed by atoms with Crippen LogP contribution in [0, 0.1) is 0 Å². The number of nitrogens with zero attached hydrogens (tertiary/aromatic N) is 1. The molecule has 0 saturated carbocycles. The fourth-order valence-electron chi connectivity index (χ4n) is 2.40. The third kappa shape index (κ3) is 4.25. The molecule has 1 N–H and O–H groups in total. The summed E-state index contributed by atoms with van der Waals surface area (Å²) in [5, 5.41) is 3.32. The Balaban J connectivity index is 1.87. The van der Waals surface area contributed by atoms with E-state index in [1.807, 2.05) is 11.8 Å². The van der Waals surface area contributed by atoms with Gasteiger partial charge in [-0.15, -0.1) is 11.8 Å². The molecule has 4 heteroatoms. The molecule has 1 heterocycles. The molecule has 1 fully saturated rings. The number of thioether (sulfide) groups is 1. The first-order chi connectivity index (χ1) is 9.70. The van der Waals surface area contributed by atoms with Crippen LogP contribution in [0.25, 0.3) is 0 Å². The summed E-state index contributed by atoms with van der Waals surface area (Å²) >= 11 is 1.66.